The minimum atomic E-state index is 0.535. The normalized spacial score (nSPS) is 13.0. The van der Waals surface area contributed by atoms with Gasteiger partial charge in [-0.05, 0) is 61.9 Å². The highest BCUT2D eigenvalue weighted by Crippen LogP contribution is 2.24. The van der Waals surface area contributed by atoms with Crippen molar-refractivity contribution in [1.29, 1.82) is 5.26 Å². The van der Waals surface area contributed by atoms with E-state index >= 15 is 0 Å². The number of aromatic nitrogens is 1. The molecule has 1 aromatic heterocycles. The Morgan fingerprint density at radius 3 is 2.96 bits per heavy atom. The van der Waals surface area contributed by atoms with Crippen LogP contribution in [-0.2, 0) is 12.8 Å². The zero-order chi connectivity index (χ0) is 16.1. The Balaban J connectivity index is 1.60. The van der Waals surface area contributed by atoms with Crippen LogP contribution in [0.3, 0.4) is 0 Å². The van der Waals surface area contributed by atoms with Gasteiger partial charge in [-0.3, -0.25) is 0 Å². The van der Waals surface area contributed by atoms with E-state index in [1.165, 1.54) is 24.0 Å². The number of nitriles is 1. The van der Waals surface area contributed by atoms with Crippen molar-refractivity contribution in [2.75, 3.05) is 18.5 Å². The molecule has 1 N–H and O–H groups in total. The van der Waals surface area contributed by atoms with E-state index in [9.17, 15) is 5.26 Å². The van der Waals surface area contributed by atoms with Gasteiger partial charge in [0, 0.05) is 5.69 Å². The third-order valence-corrected chi connectivity index (χ3v) is 4.07. The van der Waals surface area contributed by atoms with Crippen molar-refractivity contribution < 1.29 is 4.74 Å². The molecule has 0 amide bonds. The van der Waals surface area contributed by atoms with Crippen molar-refractivity contribution in [3.63, 3.8) is 0 Å². The van der Waals surface area contributed by atoms with E-state index < -0.39 is 0 Å². The van der Waals surface area contributed by atoms with E-state index in [4.69, 9.17) is 4.74 Å². The van der Waals surface area contributed by atoms with Gasteiger partial charge in [0.2, 0.25) is 0 Å². The summed E-state index contributed by atoms with van der Waals surface area (Å²) in [6.45, 7) is 3.20. The van der Waals surface area contributed by atoms with Gasteiger partial charge in [-0.2, -0.15) is 5.26 Å². The van der Waals surface area contributed by atoms with Crippen molar-refractivity contribution in [1.82, 2.24) is 4.98 Å². The van der Waals surface area contributed by atoms with Gasteiger partial charge in [-0.15, -0.1) is 0 Å². The van der Waals surface area contributed by atoms with Gasteiger partial charge in [0.15, 0.2) is 0 Å². The van der Waals surface area contributed by atoms with E-state index in [0.717, 1.165) is 24.3 Å². The molecule has 0 aliphatic heterocycles. The summed E-state index contributed by atoms with van der Waals surface area (Å²) >= 11 is 0. The van der Waals surface area contributed by atoms with Crippen LogP contribution in [0.2, 0.25) is 0 Å². The van der Waals surface area contributed by atoms with Crippen LogP contribution in [0.4, 0.5) is 5.82 Å². The SMILES string of the molecule is Cc1cccc(OCCNc2nc3c(cc2C#N)CCCC3)c1. The lowest BCUT2D eigenvalue weighted by molar-refractivity contribution is 0.332. The molecule has 2 aromatic rings. The predicted molar refractivity (Wildman–Crippen MR) is 90.8 cm³/mol. The first kappa shape index (κ1) is 15.4. The maximum Gasteiger partial charge on any atom is 0.144 e. The molecule has 1 aromatic carbocycles. The molecule has 0 saturated carbocycles. The van der Waals surface area contributed by atoms with E-state index in [0.29, 0.717) is 24.5 Å². The first-order chi connectivity index (χ1) is 11.3. The highest BCUT2D eigenvalue weighted by Gasteiger charge is 2.14. The third-order valence-electron chi connectivity index (χ3n) is 4.07. The van der Waals surface area contributed by atoms with Crippen molar-refractivity contribution in [2.45, 2.75) is 32.6 Å². The second-order valence-electron chi connectivity index (χ2n) is 5.90. The minimum absolute atomic E-state index is 0.535. The molecule has 0 atom stereocenters. The lowest BCUT2D eigenvalue weighted by Crippen LogP contribution is -2.15. The average molecular weight is 307 g/mol. The predicted octanol–water partition coefficient (Wildman–Crippen LogP) is 3.63. The Bertz CT molecular complexity index is 734. The van der Waals surface area contributed by atoms with Crippen LogP contribution in [0, 0.1) is 18.3 Å². The van der Waals surface area contributed by atoms with Gasteiger partial charge in [-0.1, -0.05) is 12.1 Å². The molecule has 3 rings (SSSR count). The Morgan fingerprint density at radius 2 is 2.13 bits per heavy atom. The van der Waals surface area contributed by atoms with Crippen LogP contribution in [0.15, 0.2) is 30.3 Å². The highest BCUT2D eigenvalue weighted by molar-refractivity contribution is 5.54. The first-order valence-electron chi connectivity index (χ1n) is 8.12. The largest absolute Gasteiger partial charge is 0.492 e. The summed E-state index contributed by atoms with van der Waals surface area (Å²) in [6.07, 6.45) is 4.42. The standard InChI is InChI=1S/C19H21N3O/c1-14-5-4-7-17(11-14)23-10-9-21-19-16(13-20)12-15-6-2-3-8-18(15)22-19/h4-5,7,11-12H,2-3,6,8-10H2,1H3,(H,21,22). The van der Waals surface area contributed by atoms with Gasteiger partial charge in [0.05, 0.1) is 12.1 Å². The summed E-state index contributed by atoms with van der Waals surface area (Å²) in [7, 11) is 0. The van der Waals surface area contributed by atoms with Crippen LogP contribution in [0.25, 0.3) is 0 Å². The van der Waals surface area contributed by atoms with E-state index in [2.05, 4.69) is 16.4 Å². The first-order valence-corrected chi connectivity index (χ1v) is 8.12. The Morgan fingerprint density at radius 1 is 1.26 bits per heavy atom. The van der Waals surface area contributed by atoms with Crippen LogP contribution >= 0.6 is 0 Å². The third kappa shape index (κ3) is 3.81. The second kappa shape index (κ2) is 7.15. The zero-order valence-corrected chi connectivity index (χ0v) is 13.4. The number of hydrogen-bond acceptors (Lipinski definition) is 4. The van der Waals surface area contributed by atoms with Crippen LogP contribution in [-0.4, -0.2) is 18.1 Å². The zero-order valence-electron chi connectivity index (χ0n) is 13.4. The molecule has 118 valence electrons. The van der Waals surface area contributed by atoms with E-state index in [-0.39, 0.29) is 0 Å². The topological polar surface area (TPSA) is 57.9 Å². The Kier molecular flexibility index (Phi) is 4.77. The van der Waals surface area contributed by atoms with E-state index in [1.807, 2.05) is 37.3 Å². The smallest absolute Gasteiger partial charge is 0.144 e. The molecule has 4 nitrogen and oxygen atoms in total. The number of fused-ring (bicyclic) bond motifs is 1. The minimum Gasteiger partial charge on any atom is -0.492 e. The van der Waals surface area contributed by atoms with E-state index in [1.54, 1.807) is 0 Å². The molecule has 1 aliphatic rings. The van der Waals surface area contributed by atoms with Crippen molar-refractivity contribution in [2.24, 2.45) is 0 Å². The fourth-order valence-electron chi connectivity index (χ4n) is 2.90. The average Bonchev–Trinajstić information content (AvgIpc) is 2.58. The summed E-state index contributed by atoms with van der Waals surface area (Å²) in [5, 5.41) is 12.6. The molecule has 0 spiro atoms. The number of nitrogens with zero attached hydrogens (tertiary/aromatic N) is 2. The number of rotatable bonds is 5. The number of pyridine rings is 1. The summed E-state index contributed by atoms with van der Waals surface area (Å²) in [6, 6.07) is 12.2. The summed E-state index contributed by atoms with van der Waals surface area (Å²) in [5.41, 5.74) is 4.17. The fraction of sp³-hybridized carbons (Fsp3) is 0.368. The van der Waals surface area contributed by atoms with Crippen molar-refractivity contribution >= 4 is 5.82 Å². The van der Waals surface area contributed by atoms with Gasteiger partial charge in [0.25, 0.3) is 0 Å². The molecule has 4 heteroatoms. The molecule has 1 heterocycles. The van der Waals surface area contributed by atoms with Crippen molar-refractivity contribution in [3.8, 4) is 11.8 Å². The number of ether oxygens (including phenoxy) is 1. The maximum absolute atomic E-state index is 9.32. The Hall–Kier alpha value is -2.54. The molecular formula is C19H21N3O. The van der Waals surface area contributed by atoms with Crippen LogP contribution in [0.1, 0.15) is 35.2 Å². The molecule has 0 bridgehead atoms. The fourth-order valence-corrected chi connectivity index (χ4v) is 2.90. The van der Waals surface area contributed by atoms with Crippen molar-refractivity contribution in [3.05, 3.63) is 52.7 Å². The molecular weight excluding hydrogens is 286 g/mol. The lowest BCUT2D eigenvalue weighted by Gasteiger charge is -2.17. The summed E-state index contributed by atoms with van der Waals surface area (Å²) < 4.78 is 5.72. The number of anilines is 1. The maximum atomic E-state index is 9.32. The molecule has 0 radical (unpaired) electrons. The number of hydrogen-bond donors (Lipinski definition) is 1. The number of nitrogens with one attached hydrogen (secondary N) is 1. The van der Waals surface area contributed by atoms with Crippen LogP contribution in [0.5, 0.6) is 5.75 Å². The summed E-state index contributed by atoms with van der Waals surface area (Å²) in [4.78, 5) is 4.65. The molecule has 0 unspecified atom stereocenters. The quantitative estimate of drug-likeness (QED) is 0.857. The monoisotopic (exact) mass is 307 g/mol. The van der Waals surface area contributed by atoms with Gasteiger partial charge in [0.1, 0.15) is 24.2 Å². The van der Waals surface area contributed by atoms with Gasteiger partial charge in [-0.25, -0.2) is 4.98 Å². The molecule has 1 aliphatic carbocycles. The molecule has 23 heavy (non-hydrogen) atoms. The van der Waals surface area contributed by atoms with Gasteiger partial charge >= 0.3 is 0 Å². The lowest BCUT2D eigenvalue weighted by atomic mass is 9.95. The van der Waals surface area contributed by atoms with Crippen LogP contribution < -0.4 is 10.1 Å². The second-order valence-corrected chi connectivity index (χ2v) is 5.90. The highest BCUT2D eigenvalue weighted by atomic mass is 16.5. The molecule has 0 saturated heterocycles. The molecule has 0 fully saturated rings. The Labute approximate surface area is 137 Å². The number of benzene rings is 1. The van der Waals surface area contributed by atoms with Gasteiger partial charge < -0.3 is 10.1 Å². The number of aryl methyl sites for hydroxylation is 3. The summed E-state index contributed by atoms with van der Waals surface area (Å²) in [5.74, 6) is 1.55.